The van der Waals surface area contributed by atoms with E-state index in [9.17, 15) is 19.1 Å². The van der Waals surface area contributed by atoms with E-state index in [1.807, 2.05) is 0 Å². The van der Waals surface area contributed by atoms with E-state index in [4.69, 9.17) is 11.6 Å². The fourth-order valence-corrected chi connectivity index (χ4v) is 3.74. The van der Waals surface area contributed by atoms with Crippen LogP contribution in [0.5, 0.6) is 0 Å². The Kier molecular flexibility index (Phi) is 6.55. The van der Waals surface area contributed by atoms with Gasteiger partial charge in [-0.3, -0.25) is 9.59 Å². The quantitative estimate of drug-likeness (QED) is 0.758. The molecule has 0 spiro atoms. The fourth-order valence-electron chi connectivity index (χ4n) is 3.56. The molecule has 29 heavy (non-hydrogen) atoms. The summed E-state index contributed by atoms with van der Waals surface area (Å²) < 4.78 is 13.3. The van der Waals surface area contributed by atoms with Crippen molar-refractivity contribution in [2.24, 2.45) is 5.41 Å². The van der Waals surface area contributed by atoms with Gasteiger partial charge in [0.15, 0.2) is 0 Å². The van der Waals surface area contributed by atoms with Gasteiger partial charge < -0.3 is 15.3 Å². The third-order valence-corrected chi connectivity index (χ3v) is 6.04. The van der Waals surface area contributed by atoms with Crippen molar-refractivity contribution in [3.63, 3.8) is 0 Å². The van der Waals surface area contributed by atoms with Gasteiger partial charge in [-0.05, 0) is 61.1 Å². The van der Waals surface area contributed by atoms with Crippen molar-refractivity contribution in [1.82, 2.24) is 4.90 Å². The van der Waals surface area contributed by atoms with Crippen LogP contribution >= 0.6 is 11.6 Å². The molecule has 1 heterocycles. The van der Waals surface area contributed by atoms with Crippen LogP contribution in [0.2, 0.25) is 5.02 Å². The van der Waals surface area contributed by atoms with Crippen molar-refractivity contribution < 1.29 is 19.1 Å². The van der Waals surface area contributed by atoms with Gasteiger partial charge in [-0.25, -0.2) is 4.39 Å². The van der Waals surface area contributed by atoms with Gasteiger partial charge in [0, 0.05) is 36.5 Å². The molecule has 5 nitrogen and oxygen atoms in total. The highest BCUT2D eigenvalue weighted by Gasteiger charge is 2.34. The summed E-state index contributed by atoms with van der Waals surface area (Å²) in [5.41, 5.74) is 1.03. The van der Waals surface area contributed by atoms with E-state index < -0.39 is 11.7 Å². The van der Waals surface area contributed by atoms with Crippen LogP contribution < -0.4 is 5.32 Å². The number of nitrogens with one attached hydrogen (secondary N) is 1. The topological polar surface area (TPSA) is 69.6 Å². The highest BCUT2D eigenvalue weighted by molar-refractivity contribution is 6.31. The number of nitrogens with zero attached hydrogens (tertiary/aromatic N) is 1. The number of aliphatic hydroxyl groups is 1. The lowest BCUT2D eigenvalue weighted by molar-refractivity contribution is 0.0338. The molecule has 0 aliphatic carbocycles. The van der Waals surface area contributed by atoms with Crippen LogP contribution in [0.4, 0.5) is 10.1 Å². The largest absolute Gasteiger partial charge is 0.396 e. The number of amides is 2. The first-order valence-electron chi connectivity index (χ1n) is 9.64. The second-order valence-corrected chi connectivity index (χ2v) is 7.87. The van der Waals surface area contributed by atoms with E-state index in [0.29, 0.717) is 29.9 Å². The maximum atomic E-state index is 13.3. The van der Waals surface area contributed by atoms with E-state index in [1.165, 1.54) is 18.2 Å². The minimum absolute atomic E-state index is 0.0807. The number of hydrogen-bond donors (Lipinski definition) is 2. The Labute approximate surface area is 174 Å². The summed E-state index contributed by atoms with van der Waals surface area (Å²) in [5, 5.41) is 12.2. The number of benzene rings is 2. The van der Waals surface area contributed by atoms with Crippen LogP contribution in [0.15, 0.2) is 42.5 Å². The third kappa shape index (κ3) is 4.77. The van der Waals surface area contributed by atoms with Crippen molar-refractivity contribution in [2.75, 3.05) is 25.0 Å². The zero-order valence-electron chi connectivity index (χ0n) is 16.3. The predicted molar refractivity (Wildman–Crippen MR) is 111 cm³/mol. The van der Waals surface area contributed by atoms with Gasteiger partial charge in [-0.1, -0.05) is 24.6 Å². The third-order valence-electron chi connectivity index (χ3n) is 5.75. The van der Waals surface area contributed by atoms with E-state index in [2.05, 4.69) is 12.2 Å². The lowest BCUT2D eigenvalue weighted by Crippen LogP contribution is -2.44. The highest BCUT2D eigenvalue weighted by Crippen LogP contribution is 2.34. The van der Waals surface area contributed by atoms with E-state index >= 15 is 0 Å². The van der Waals surface area contributed by atoms with E-state index in [0.717, 1.165) is 19.3 Å². The van der Waals surface area contributed by atoms with Crippen molar-refractivity contribution in [3.05, 3.63) is 64.4 Å². The molecule has 2 N–H and O–H groups in total. The summed E-state index contributed by atoms with van der Waals surface area (Å²) in [6.07, 6.45) is 2.41. The molecule has 2 aromatic rings. The standard InChI is InChI=1S/C22H24ClFN2O3/c1-2-22(14-27)8-10-26(11-9-22)21(29)16-5-3-4-15(12-16)20(28)25-17-6-7-19(24)18(23)13-17/h3-7,12-13,27H,2,8-11,14H2,1H3,(H,25,28). The van der Waals surface area contributed by atoms with Gasteiger partial charge in [-0.15, -0.1) is 0 Å². The molecule has 0 radical (unpaired) electrons. The number of anilines is 1. The number of likely N-dealkylation sites (tertiary alicyclic amines) is 1. The number of aliphatic hydroxyl groups excluding tert-OH is 1. The number of carbonyl (C=O) groups excluding carboxylic acids is 2. The molecule has 1 saturated heterocycles. The normalized spacial score (nSPS) is 15.8. The highest BCUT2D eigenvalue weighted by atomic mass is 35.5. The van der Waals surface area contributed by atoms with Crippen molar-refractivity contribution in [1.29, 1.82) is 0 Å². The second-order valence-electron chi connectivity index (χ2n) is 7.47. The summed E-state index contributed by atoms with van der Waals surface area (Å²) in [4.78, 5) is 27.2. The first-order valence-corrected chi connectivity index (χ1v) is 10.0. The monoisotopic (exact) mass is 418 g/mol. The van der Waals surface area contributed by atoms with Crippen LogP contribution in [0.25, 0.3) is 0 Å². The smallest absolute Gasteiger partial charge is 0.255 e. The summed E-state index contributed by atoms with van der Waals surface area (Å²) in [5.74, 6) is -1.11. The molecule has 0 saturated carbocycles. The molecule has 1 aliphatic rings. The Morgan fingerprint density at radius 1 is 1.17 bits per heavy atom. The van der Waals surface area contributed by atoms with Crippen molar-refractivity contribution in [3.8, 4) is 0 Å². The average molecular weight is 419 g/mol. The average Bonchev–Trinajstić information content (AvgIpc) is 2.76. The molecule has 2 amide bonds. The molecule has 2 aromatic carbocycles. The number of piperidine rings is 1. The van der Waals surface area contributed by atoms with Crippen LogP contribution in [0.1, 0.15) is 46.9 Å². The van der Waals surface area contributed by atoms with Gasteiger partial charge in [0.05, 0.1) is 5.02 Å². The van der Waals surface area contributed by atoms with Crippen LogP contribution in [0.3, 0.4) is 0 Å². The molecule has 154 valence electrons. The van der Waals surface area contributed by atoms with Gasteiger partial charge in [-0.2, -0.15) is 0 Å². The summed E-state index contributed by atoms with van der Waals surface area (Å²) in [7, 11) is 0. The van der Waals surface area contributed by atoms with Crippen LogP contribution in [-0.4, -0.2) is 41.5 Å². The van der Waals surface area contributed by atoms with Crippen molar-refractivity contribution in [2.45, 2.75) is 26.2 Å². The zero-order valence-corrected chi connectivity index (χ0v) is 17.0. The summed E-state index contributed by atoms with van der Waals surface area (Å²) in [6, 6.07) is 10.4. The zero-order chi connectivity index (χ0) is 21.0. The van der Waals surface area contributed by atoms with E-state index in [1.54, 1.807) is 29.2 Å². The first-order chi connectivity index (χ1) is 13.9. The number of halogens is 2. The fraction of sp³-hybridized carbons (Fsp3) is 0.364. The van der Waals surface area contributed by atoms with Gasteiger partial charge in [0.2, 0.25) is 0 Å². The lowest BCUT2D eigenvalue weighted by Gasteiger charge is -2.40. The molecule has 1 fully saturated rings. The molecular weight excluding hydrogens is 395 g/mol. The second kappa shape index (κ2) is 8.93. The van der Waals surface area contributed by atoms with Crippen LogP contribution in [-0.2, 0) is 0 Å². The van der Waals surface area contributed by atoms with Crippen LogP contribution in [0, 0.1) is 11.2 Å². The SMILES string of the molecule is CCC1(CO)CCN(C(=O)c2cccc(C(=O)Nc3ccc(F)c(Cl)c3)c2)CC1. The Bertz CT molecular complexity index is 905. The summed E-state index contributed by atoms with van der Waals surface area (Å²) in [6.45, 7) is 3.36. The molecule has 0 aromatic heterocycles. The maximum absolute atomic E-state index is 13.3. The molecule has 7 heteroatoms. The Hall–Kier alpha value is -2.44. The Morgan fingerprint density at radius 3 is 2.48 bits per heavy atom. The summed E-state index contributed by atoms with van der Waals surface area (Å²) >= 11 is 5.74. The van der Waals surface area contributed by atoms with Gasteiger partial charge in [0.25, 0.3) is 11.8 Å². The van der Waals surface area contributed by atoms with E-state index in [-0.39, 0.29) is 23.0 Å². The minimum Gasteiger partial charge on any atom is -0.396 e. The van der Waals surface area contributed by atoms with Gasteiger partial charge >= 0.3 is 0 Å². The maximum Gasteiger partial charge on any atom is 0.255 e. The number of carbonyl (C=O) groups is 2. The molecule has 0 bridgehead atoms. The minimum atomic E-state index is -0.563. The Balaban J connectivity index is 1.69. The Morgan fingerprint density at radius 2 is 1.86 bits per heavy atom. The number of rotatable bonds is 5. The predicted octanol–water partition coefficient (Wildman–Crippen LogP) is 4.36. The molecular formula is C22H24ClFN2O3. The van der Waals surface area contributed by atoms with Gasteiger partial charge in [0.1, 0.15) is 5.82 Å². The molecule has 0 unspecified atom stereocenters. The lowest BCUT2D eigenvalue weighted by atomic mass is 9.77. The van der Waals surface area contributed by atoms with Crippen molar-refractivity contribution >= 4 is 29.1 Å². The molecule has 3 rings (SSSR count). The molecule has 1 aliphatic heterocycles. The molecule has 0 atom stereocenters. The number of hydrogen-bond acceptors (Lipinski definition) is 3. The first kappa shape index (κ1) is 21.3.